The molecule has 2 aromatic heterocycles. The number of rotatable bonds is 5. The molecule has 108 valence electrons. The minimum atomic E-state index is -0.167. The van der Waals surface area contributed by atoms with Crippen molar-refractivity contribution >= 4 is 10.9 Å². The molecule has 0 bridgehead atoms. The van der Waals surface area contributed by atoms with Gasteiger partial charge < -0.3 is 0 Å². The lowest BCUT2D eigenvalue weighted by Gasteiger charge is -2.18. The predicted molar refractivity (Wildman–Crippen MR) is 81.2 cm³/mol. The molecular formula is C15H18N6. The van der Waals surface area contributed by atoms with Crippen LogP contribution in [-0.4, -0.2) is 20.0 Å². The molecule has 3 N–H and O–H groups in total. The van der Waals surface area contributed by atoms with Crippen molar-refractivity contribution in [2.45, 2.75) is 25.9 Å². The zero-order valence-electron chi connectivity index (χ0n) is 11.9. The minimum absolute atomic E-state index is 0.167. The van der Waals surface area contributed by atoms with Crippen LogP contribution in [0.5, 0.6) is 0 Å². The van der Waals surface area contributed by atoms with Gasteiger partial charge in [-0.1, -0.05) is 30.3 Å². The Morgan fingerprint density at radius 2 is 2.19 bits per heavy atom. The van der Waals surface area contributed by atoms with Crippen LogP contribution in [0.4, 0.5) is 0 Å². The Bertz CT molecular complexity index is 730. The van der Waals surface area contributed by atoms with Gasteiger partial charge in [-0.3, -0.25) is 10.8 Å². The van der Waals surface area contributed by atoms with Gasteiger partial charge in [0.1, 0.15) is 0 Å². The first-order valence-corrected chi connectivity index (χ1v) is 7.03. The van der Waals surface area contributed by atoms with Gasteiger partial charge in [0.2, 0.25) is 0 Å². The van der Waals surface area contributed by atoms with Gasteiger partial charge in [0.05, 0.1) is 23.4 Å². The largest absolute Gasteiger partial charge is 0.271 e. The first-order chi connectivity index (χ1) is 10.3. The van der Waals surface area contributed by atoms with Crippen LogP contribution in [0.3, 0.4) is 0 Å². The van der Waals surface area contributed by atoms with E-state index < -0.39 is 0 Å². The maximum Gasteiger partial charge on any atom is 0.0901 e. The zero-order valence-corrected chi connectivity index (χ0v) is 11.9. The number of nitrogens with two attached hydrogens (primary N) is 1. The number of aromatic nitrogens is 4. The van der Waals surface area contributed by atoms with Crippen LogP contribution in [-0.2, 0) is 6.54 Å². The molecule has 1 unspecified atom stereocenters. The molecule has 0 aliphatic carbocycles. The van der Waals surface area contributed by atoms with E-state index >= 15 is 0 Å². The molecule has 0 aliphatic rings. The monoisotopic (exact) mass is 282 g/mol. The van der Waals surface area contributed by atoms with E-state index in [9.17, 15) is 0 Å². The van der Waals surface area contributed by atoms with Crippen LogP contribution in [0.2, 0.25) is 0 Å². The Kier molecular flexibility index (Phi) is 3.89. The SMILES string of the molecule is CCCn1nncc1C(NN)c1cccc2ncccc12. The molecular weight excluding hydrogens is 264 g/mol. The molecule has 0 amide bonds. The fourth-order valence-electron chi connectivity index (χ4n) is 2.59. The molecule has 0 fully saturated rings. The molecule has 6 nitrogen and oxygen atoms in total. The van der Waals surface area contributed by atoms with Crippen molar-refractivity contribution in [1.82, 2.24) is 25.4 Å². The number of nitrogens with zero attached hydrogens (tertiary/aromatic N) is 4. The van der Waals surface area contributed by atoms with Crippen LogP contribution in [0.15, 0.2) is 42.7 Å². The zero-order chi connectivity index (χ0) is 14.7. The number of aryl methyl sites for hydroxylation is 1. The highest BCUT2D eigenvalue weighted by Crippen LogP contribution is 2.27. The number of fused-ring (bicyclic) bond motifs is 1. The third-order valence-corrected chi connectivity index (χ3v) is 3.54. The Morgan fingerprint density at radius 3 is 3.00 bits per heavy atom. The fraction of sp³-hybridized carbons (Fsp3) is 0.267. The maximum atomic E-state index is 5.81. The van der Waals surface area contributed by atoms with Gasteiger partial charge >= 0.3 is 0 Å². The van der Waals surface area contributed by atoms with Crippen molar-refractivity contribution in [3.05, 3.63) is 54.0 Å². The summed E-state index contributed by atoms with van der Waals surface area (Å²) in [6.07, 6.45) is 4.54. The summed E-state index contributed by atoms with van der Waals surface area (Å²) < 4.78 is 1.89. The number of nitrogens with one attached hydrogen (secondary N) is 1. The first kappa shape index (κ1) is 13.7. The quantitative estimate of drug-likeness (QED) is 0.551. The second-order valence-corrected chi connectivity index (χ2v) is 4.90. The molecule has 2 heterocycles. The second-order valence-electron chi connectivity index (χ2n) is 4.90. The van der Waals surface area contributed by atoms with Gasteiger partial charge in [0.25, 0.3) is 0 Å². The average molecular weight is 282 g/mol. The molecule has 3 aromatic rings. The van der Waals surface area contributed by atoms with Gasteiger partial charge in [-0.15, -0.1) is 5.10 Å². The summed E-state index contributed by atoms with van der Waals surface area (Å²) in [4.78, 5) is 4.39. The molecule has 1 aromatic carbocycles. The number of hydrazine groups is 1. The number of benzene rings is 1. The van der Waals surface area contributed by atoms with Gasteiger partial charge in [0, 0.05) is 18.1 Å². The van der Waals surface area contributed by atoms with E-state index in [0.717, 1.165) is 35.1 Å². The number of hydrogen-bond donors (Lipinski definition) is 2. The lowest BCUT2D eigenvalue weighted by molar-refractivity contribution is 0.513. The molecule has 21 heavy (non-hydrogen) atoms. The Labute approximate surface area is 123 Å². The third-order valence-electron chi connectivity index (χ3n) is 3.54. The van der Waals surface area contributed by atoms with E-state index in [1.54, 1.807) is 12.4 Å². The van der Waals surface area contributed by atoms with Gasteiger partial charge in [-0.2, -0.15) is 0 Å². The summed E-state index contributed by atoms with van der Waals surface area (Å²) in [7, 11) is 0. The summed E-state index contributed by atoms with van der Waals surface area (Å²) >= 11 is 0. The van der Waals surface area contributed by atoms with Crippen molar-refractivity contribution in [3.63, 3.8) is 0 Å². The first-order valence-electron chi connectivity index (χ1n) is 7.03. The van der Waals surface area contributed by atoms with Crippen LogP contribution >= 0.6 is 0 Å². The van der Waals surface area contributed by atoms with Gasteiger partial charge in [-0.05, 0) is 24.1 Å². The van der Waals surface area contributed by atoms with Crippen LogP contribution in [0.25, 0.3) is 10.9 Å². The average Bonchev–Trinajstić information content (AvgIpc) is 2.97. The van der Waals surface area contributed by atoms with Crippen molar-refractivity contribution in [1.29, 1.82) is 0 Å². The second kappa shape index (κ2) is 5.99. The van der Waals surface area contributed by atoms with Gasteiger partial charge in [0.15, 0.2) is 0 Å². The Hall–Kier alpha value is -2.31. The summed E-state index contributed by atoms with van der Waals surface area (Å²) in [5.74, 6) is 5.81. The standard InChI is InChI=1S/C15H18N6/c1-2-9-21-14(10-18-20-21)15(19-16)12-5-3-7-13-11(12)6-4-8-17-13/h3-8,10,15,19H,2,9,16H2,1H3. The molecule has 0 saturated heterocycles. The summed E-state index contributed by atoms with van der Waals surface area (Å²) in [6, 6.07) is 9.85. The highest BCUT2D eigenvalue weighted by molar-refractivity contribution is 5.82. The lowest BCUT2D eigenvalue weighted by Crippen LogP contribution is -2.31. The lowest BCUT2D eigenvalue weighted by atomic mass is 9.99. The highest BCUT2D eigenvalue weighted by Gasteiger charge is 2.19. The van der Waals surface area contributed by atoms with Crippen LogP contribution < -0.4 is 11.3 Å². The van der Waals surface area contributed by atoms with Crippen molar-refractivity contribution < 1.29 is 0 Å². The molecule has 0 saturated carbocycles. The van der Waals surface area contributed by atoms with Crippen LogP contribution in [0, 0.1) is 0 Å². The van der Waals surface area contributed by atoms with E-state index in [0.29, 0.717) is 0 Å². The van der Waals surface area contributed by atoms with Crippen molar-refractivity contribution in [3.8, 4) is 0 Å². The molecule has 6 heteroatoms. The van der Waals surface area contributed by atoms with E-state index in [-0.39, 0.29) is 6.04 Å². The molecule has 1 atom stereocenters. The predicted octanol–water partition coefficient (Wildman–Crippen LogP) is 1.79. The van der Waals surface area contributed by atoms with E-state index in [2.05, 4.69) is 39.8 Å². The topological polar surface area (TPSA) is 81.7 Å². The van der Waals surface area contributed by atoms with E-state index in [4.69, 9.17) is 5.84 Å². The molecule has 3 rings (SSSR count). The molecule has 0 radical (unpaired) electrons. The maximum absolute atomic E-state index is 5.81. The number of hydrogen-bond acceptors (Lipinski definition) is 5. The smallest absolute Gasteiger partial charge is 0.0901 e. The van der Waals surface area contributed by atoms with Crippen molar-refractivity contribution in [2.24, 2.45) is 5.84 Å². The molecule has 0 spiro atoms. The summed E-state index contributed by atoms with van der Waals surface area (Å²) in [5, 5.41) is 9.23. The van der Waals surface area contributed by atoms with Crippen LogP contribution in [0.1, 0.15) is 30.6 Å². The summed E-state index contributed by atoms with van der Waals surface area (Å²) in [6.45, 7) is 2.93. The normalized spacial score (nSPS) is 12.7. The van der Waals surface area contributed by atoms with E-state index in [1.165, 1.54) is 0 Å². The van der Waals surface area contributed by atoms with Gasteiger partial charge in [-0.25, -0.2) is 10.1 Å². The summed E-state index contributed by atoms with van der Waals surface area (Å²) in [5.41, 5.74) is 5.86. The third kappa shape index (κ3) is 2.51. The number of pyridine rings is 1. The highest BCUT2D eigenvalue weighted by atomic mass is 15.4. The molecule has 0 aliphatic heterocycles. The fourth-order valence-corrected chi connectivity index (χ4v) is 2.59. The Balaban J connectivity index is 2.12. The minimum Gasteiger partial charge on any atom is -0.271 e. The van der Waals surface area contributed by atoms with Crippen molar-refractivity contribution in [2.75, 3.05) is 0 Å². The van der Waals surface area contributed by atoms with E-state index in [1.807, 2.05) is 22.9 Å². The Morgan fingerprint density at radius 1 is 1.29 bits per heavy atom.